The van der Waals surface area contributed by atoms with E-state index in [9.17, 15) is 0 Å². The first-order valence-electron chi connectivity index (χ1n) is 6.64. The Morgan fingerprint density at radius 1 is 1.22 bits per heavy atom. The first-order chi connectivity index (χ1) is 8.81. The van der Waals surface area contributed by atoms with Crippen molar-refractivity contribution in [1.82, 2.24) is 14.8 Å². The van der Waals surface area contributed by atoms with E-state index in [2.05, 4.69) is 29.0 Å². The molecule has 0 bridgehead atoms. The molecule has 0 saturated carbocycles. The van der Waals surface area contributed by atoms with Crippen molar-refractivity contribution < 1.29 is 4.74 Å². The number of aromatic nitrogens is 1. The molecule has 0 radical (unpaired) electrons. The maximum atomic E-state index is 5.37. The topological polar surface area (TPSA) is 28.6 Å². The number of morpholine rings is 1. The van der Waals surface area contributed by atoms with Crippen molar-refractivity contribution in [3.05, 3.63) is 36.1 Å². The van der Waals surface area contributed by atoms with Crippen LogP contribution in [0.5, 0.6) is 0 Å². The van der Waals surface area contributed by atoms with E-state index in [1.54, 1.807) is 0 Å². The van der Waals surface area contributed by atoms with Crippen LogP contribution in [0.15, 0.2) is 12.1 Å². The lowest BCUT2D eigenvalue weighted by atomic mass is 10.1. The number of hydrogen-bond acceptors (Lipinski definition) is 4. The summed E-state index contributed by atoms with van der Waals surface area (Å²) < 4.78 is 5.37. The van der Waals surface area contributed by atoms with E-state index >= 15 is 0 Å². The molecule has 0 spiro atoms. The van der Waals surface area contributed by atoms with Crippen LogP contribution >= 0.6 is 0 Å². The van der Waals surface area contributed by atoms with Crippen molar-refractivity contribution >= 4 is 0 Å². The number of hydrogen-bond donors (Lipinski definition) is 0. The maximum Gasteiger partial charge on any atom is 0.0594 e. The standard InChI is InChI=1S/C14H20N3O/c1-16-5-4-14-12(10-16)2-3-13(15-14)11-17-6-8-18-9-7-17/h2-3H,1,4-11H2/q-1. The highest BCUT2D eigenvalue weighted by atomic mass is 16.5. The zero-order chi connectivity index (χ0) is 12.4. The average Bonchev–Trinajstić information content (AvgIpc) is 2.40. The molecule has 18 heavy (non-hydrogen) atoms. The van der Waals surface area contributed by atoms with Crippen molar-refractivity contribution in [1.29, 1.82) is 0 Å². The van der Waals surface area contributed by atoms with Gasteiger partial charge < -0.3 is 9.64 Å². The van der Waals surface area contributed by atoms with Crippen LogP contribution in [0.1, 0.15) is 17.0 Å². The van der Waals surface area contributed by atoms with Gasteiger partial charge in [0.15, 0.2) is 0 Å². The Morgan fingerprint density at radius 2 is 2.06 bits per heavy atom. The molecule has 0 aromatic carbocycles. The predicted molar refractivity (Wildman–Crippen MR) is 69.8 cm³/mol. The summed E-state index contributed by atoms with van der Waals surface area (Å²) in [4.78, 5) is 9.32. The highest BCUT2D eigenvalue weighted by Gasteiger charge is 2.14. The van der Waals surface area contributed by atoms with Crippen molar-refractivity contribution in [3.8, 4) is 0 Å². The Labute approximate surface area is 109 Å². The predicted octanol–water partition coefficient (Wildman–Crippen LogP) is 1.06. The lowest BCUT2D eigenvalue weighted by molar-refractivity contribution is 0.0336. The van der Waals surface area contributed by atoms with Gasteiger partial charge in [-0.15, -0.1) is 0 Å². The Kier molecular flexibility index (Phi) is 3.59. The van der Waals surface area contributed by atoms with Crippen LogP contribution in [0.2, 0.25) is 0 Å². The smallest absolute Gasteiger partial charge is 0.0594 e. The van der Waals surface area contributed by atoms with Crippen LogP contribution in [-0.2, 0) is 24.2 Å². The summed E-state index contributed by atoms with van der Waals surface area (Å²) in [5.74, 6) is 0. The minimum atomic E-state index is 0.849. The Bertz CT molecular complexity index is 416. The Morgan fingerprint density at radius 3 is 2.89 bits per heavy atom. The monoisotopic (exact) mass is 246 g/mol. The second-order valence-electron chi connectivity index (χ2n) is 5.10. The second-order valence-corrected chi connectivity index (χ2v) is 5.10. The fraction of sp³-hybridized carbons (Fsp3) is 0.571. The molecule has 0 amide bonds. The fourth-order valence-corrected chi connectivity index (χ4v) is 2.60. The Hall–Kier alpha value is -0.970. The van der Waals surface area contributed by atoms with Gasteiger partial charge in [0.05, 0.1) is 18.9 Å². The summed E-state index contributed by atoms with van der Waals surface area (Å²) in [5, 5.41) is 0. The normalized spacial score (nSPS) is 21.8. The molecule has 0 aliphatic carbocycles. The molecule has 0 N–H and O–H groups in total. The molecule has 0 unspecified atom stereocenters. The first kappa shape index (κ1) is 12.1. The SMILES string of the molecule is [CH2-]N1CCc2nc(CN3CCOCC3)ccc2C1. The third-order valence-corrected chi connectivity index (χ3v) is 3.67. The second kappa shape index (κ2) is 5.34. The van der Waals surface area contributed by atoms with Crippen LogP contribution in [0.25, 0.3) is 0 Å². The van der Waals surface area contributed by atoms with E-state index in [4.69, 9.17) is 9.72 Å². The summed E-state index contributed by atoms with van der Waals surface area (Å²) in [6, 6.07) is 4.38. The van der Waals surface area contributed by atoms with Gasteiger partial charge in [0.2, 0.25) is 0 Å². The molecule has 98 valence electrons. The molecule has 2 aliphatic heterocycles. The van der Waals surface area contributed by atoms with Crippen LogP contribution in [0.4, 0.5) is 0 Å². The number of ether oxygens (including phenoxy) is 1. The number of nitrogens with zero attached hydrogens (tertiary/aromatic N) is 3. The molecule has 3 rings (SSSR count). The summed E-state index contributed by atoms with van der Waals surface area (Å²) in [5.41, 5.74) is 3.79. The lowest BCUT2D eigenvalue weighted by Crippen LogP contribution is -2.36. The molecular formula is C14H20N3O-. The van der Waals surface area contributed by atoms with Crippen LogP contribution in [0.3, 0.4) is 0 Å². The highest BCUT2D eigenvalue weighted by molar-refractivity contribution is 5.25. The van der Waals surface area contributed by atoms with Crippen molar-refractivity contribution in [2.24, 2.45) is 0 Å². The van der Waals surface area contributed by atoms with Gasteiger partial charge in [0.25, 0.3) is 0 Å². The van der Waals surface area contributed by atoms with Gasteiger partial charge in [-0.25, -0.2) is 0 Å². The molecule has 1 saturated heterocycles. The average molecular weight is 246 g/mol. The minimum Gasteiger partial charge on any atom is -0.455 e. The summed E-state index contributed by atoms with van der Waals surface area (Å²) in [6.45, 7) is 6.63. The number of pyridine rings is 1. The summed E-state index contributed by atoms with van der Waals surface area (Å²) >= 11 is 0. The molecule has 2 aliphatic rings. The minimum absolute atomic E-state index is 0.849. The zero-order valence-corrected chi connectivity index (χ0v) is 10.8. The number of rotatable bonds is 2. The number of fused-ring (bicyclic) bond motifs is 1. The van der Waals surface area contributed by atoms with Gasteiger partial charge in [-0.2, -0.15) is 0 Å². The largest absolute Gasteiger partial charge is 0.455 e. The molecule has 4 nitrogen and oxygen atoms in total. The third-order valence-electron chi connectivity index (χ3n) is 3.67. The molecular weight excluding hydrogens is 226 g/mol. The van der Waals surface area contributed by atoms with Crippen molar-refractivity contribution in [2.45, 2.75) is 19.5 Å². The van der Waals surface area contributed by atoms with E-state index in [-0.39, 0.29) is 0 Å². The quantitative estimate of drug-likeness (QED) is 0.730. The molecule has 0 atom stereocenters. The first-order valence-corrected chi connectivity index (χ1v) is 6.64. The molecule has 3 heterocycles. The van der Waals surface area contributed by atoms with E-state index in [1.165, 1.54) is 17.0 Å². The Balaban J connectivity index is 1.69. The maximum absolute atomic E-state index is 5.37. The van der Waals surface area contributed by atoms with E-state index in [1.807, 2.05) is 0 Å². The van der Waals surface area contributed by atoms with Crippen LogP contribution < -0.4 is 0 Å². The van der Waals surface area contributed by atoms with E-state index < -0.39 is 0 Å². The van der Waals surface area contributed by atoms with Gasteiger partial charge >= 0.3 is 0 Å². The van der Waals surface area contributed by atoms with Gasteiger partial charge in [0, 0.05) is 31.7 Å². The molecule has 1 fully saturated rings. The van der Waals surface area contributed by atoms with Gasteiger partial charge in [0.1, 0.15) is 0 Å². The highest BCUT2D eigenvalue weighted by Crippen LogP contribution is 2.17. The molecule has 4 heteroatoms. The lowest BCUT2D eigenvalue weighted by Gasteiger charge is -2.31. The fourth-order valence-electron chi connectivity index (χ4n) is 2.60. The van der Waals surface area contributed by atoms with Crippen molar-refractivity contribution in [3.63, 3.8) is 0 Å². The molecule has 1 aromatic heterocycles. The van der Waals surface area contributed by atoms with E-state index in [0.717, 1.165) is 52.4 Å². The van der Waals surface area contributed by atoms with Crippen molar-refractivity contribution in [2.75, 3.05) is 32.8 Å². The summed E-state index contributed by atoms with van der Waals surface area (Å²) in [7, 11) is 4.00. The van der Waals surface area contributed by atoms with E-state index in [0.29, 0.717) is 0 Å². The van der Waals surface area contributed by atoms with Gasteiger partial charge in [-0.1, -0.05) is 6.07 Å². The zero-order valence-electron chi connectivity index (χ0n) is 10.8. The van der Waals surface area contributed by atoms with Crippen LogP contribution in [0, 0.1) is 7.05 Å². The van der Waals surface area contributed by atoms with Gasteiger partial charge in [-0.05, 0) is 24.7 Å². The third kappa shape index (κ3) is 2.71. The van der Waals surface area contributed by atoms with Gasteiger partial charge in [-0.3, -0.25) is 16.9 Å². The molecule has 1 aromatic rings. The summed E-state index contributed by atoms with van der Waals surface area (Å²) in [6.07, 6.45) is 1.02. The van der Waals surface area contributed by atoms with Crippen LogP contribution in [-0.4, -0.2) is 47.6 Å².